The van der Waals surface area contributed by atoms with Crippen molar-refractivity contribution in [1.29, 1.82) is 0 Å². The number of aromatic amines is 1. The first kappa shape index (κ1) is 12.2. The second-order valence-corrected chi connectivity index (χ2v) is 5.14. The van der Waals surface area contributed by atoms with E-state index in [9.17, 15) is 9.59 Å². The second-order valence-electron chi connectivity index (χ2n) is 5.14. The maximum Gasteiger partial charge on any atom is 0.328 e. The molecule has 0 saturated carbocycles. The van der Waals surface area contributed by atoms with Crippen molar-refractivity contribution in [3.05, 3.63) is 44.6 Å². The van der Waals surface area contributed by atoms with E-state index in [1.807, 2.05) is 19.1 Å². The van der Waals surface area contributed by atoms with E-state index in [0.717, 1.165) is 24.9 Å². The van der Waals surface area contributed by atoms with Crippen LogP contribution in [0.4, 0.5) is 0 Å². The molecule has 1 aromatic carbocycles. The van der Waals surface area contributed by atoms with Crippen LogP contribution in [-0.4, -0.2) is 22.1 Å². The molecular weight excluding hydrogens is 242 g/mol. The number of hydrogen-bond acceptors (Lipinski definition) is 3. The number of nitrogens with zero attached hydrogens (tertiary/aromatic N) is 1. The number of para-hydroxylation sites is 1. The van der Waals surface area contributed by atoms with E-state index in [1.165, 1.54) is 4.57 Å². The Kier molecular flexibility index (Phi) is 2.98. The van der Waals surface area contributed by atoms with E-state index in [1.54, 1.807) is 6.07 Å². The minimum absolute atomic E-state index is 0.198. The van der Waals surface area contributed by atoms with Gasteiger partial charge in [0.25, 0.3) is 5.56 Å². The van der Waals surface area contributed by atoms with Gasteiger partial charge in [-0.2, -0.15) is 0 Å². The fourth-order valence-corrected chi connectivity index (χ4v) is 2.72. The molecule has 1 saturated heterocycles. The van der Waals surface area contributed by atoms with E-state index < -0.39 is 0 Å². The van der Waals surface area contributed by atoms with Crippen molar-refractivity contribution in [3.63, 3.8) is 0 Å². The Hall–Kier alpha value is -1.88. The second kappa shape index (κ2) is 4.66. The summed E-state index contributed by atoms with van der Waals surface area (Å²) in [4.78, 5) is 27.3. The molecule has 1 aromatic heterocycles. The third-order valence-corrected chi connectivity index (χ3v) is 3.79. The lowest BCUT2D eigenvalue weighted by molar-refractivity contribution is 0.487. The number of rotatable bonds is 2. The predicted molar refractivity (Wildman–Crippen MR) is 74.6 cm³/mol. The standard InChI is InChI=1S/C14H17N3O2/c1-9-4-2-6-11-12(9)16-14(19)17(13(11)18)8-10-5-3-7-15-10/h2,4,6,10,15H,3,5,7-8H2,1H3,(H,16,19). The van der Waals surface area contributed by atoms with Crippen LogP contribution in [0.3, 0.4) is 0 Å². The van der Waals surface area contributed by atoms with Crippen LogP contribution in [0.25, 0.3) is 10.9 Å². The smallest absolute Gasteiger partial charge is 0.312 e. The van der Waals surface area contributed by atoms with Gasteiger partial charge in [0.1, 0.15) is 0 Å². The highest BCUT2D eigenvalue weighted by Crippen LogP contribution is 2.11. The van der Waals surface area contributed by atoms with Gasteiger partial charge in [0.2, 0.25) is 0 Å². The van der Waals surface area contributed by atoms with Crippen LogP contribution < -0.4 is 16.6 Å². The van der Waals surface area contributed by atoms with Crippen molar-refractivity contribution < 1.29 is 0 Å². The fourth-order valence-electron chi connectivity index (χ4n) is 2.72. The summed E-state index contributed by atoms with van der Waals surface area (Å²) in [6.45, 7) is 3.29. The van der Waals surface area contributed by atoms with Crippen molar-refractivity contribution >= 4 is 10.9 Å². The molecule has 1 aliphatic rings. The van der Waals surface area contributed by atoms with Crippen molar-refractivity contribution in [1.82, 2.24) is 14.9 Å². The van der Waals surface area contributed by atoms with Crippen LogP contribution in [0.1, 0.15) is 18.4 Å². The van der Waals surface area contributed by atoms with Crippen LogP contribution in [0, 0.1) is 6.92 Å². The molecule has 19 heavy (non-hydrogen) atoms. The minimum Gasteiger partial charge on any atom is -0.312 e. The fraction of sp³-hybridized carbons (Fsp3) is 0.429. The molecule has 1 unspecified atom stereocenters. The Labute approximate surface area is 110 Å². The molecule has 1 aliphatic heterocycles. The van der Waals surface area contributed by atoms with Crippen molar-refractivity contribution in [3.8, 4) is 0 Å². The first-order chi connectivity index (χ1) is 9.16. The predicted octanol–water partition coefficient (Wildman–Crippen LogP) is 0.750. The number of aryl methyl sites for hydroxylation is 1. The summed E-state index contributed by atoms with van der Waals surface area (Å²) < 4.78 is 1.31. The Morgan fingerprint density at radius 1 is 1.37 bits per heavy atom. The molecule has 0 aliphatic carbocycles. The molecular formula is C14H17N3O2. The van der Waals surface area contributed by atoms with Gasteiger partial charge >= 0.3 is 5.69 Å². The molecule has 2 N–H and O–H groups in total. The summed E-state index contributed by atoms with van der Waals surface area (Å²) in [7, 11) is 0. The molecule has 2 heterocycles. The molecule has 100 valence electrons. The molecule has 5 heteroatoms. The largest absolute Gasteiger partial charge is 0.328 e. The highest BCUT2D eigenvalue weighted by molar-refractivity contribution is 5.80. The van der Waals surface area contributed by atoms with E-state index >= 15 is 0 Å². The highest BCUT2D eigenvalue weighted by Gasteiger charge is 2.17. The van der Waals surface area contributed by atoms with Crippen LogP contribution in [0.15, 0.2) is 27.8 Å². The van der Waals surface area contributed by atoms with Gasteiger partial charge in [0.05, 0.1) is 10.9 Å². The molecule has 0 bridgehead atoms. The third-order valence-electron chi connectivity index (χ3n) is 3.79. The summed E-state index contributed by atoms with van der Waals surface area (Å²) in [6.07, 6.45) is 2.11. The maximum absolute atomic E-state index is 12.4. The third kappa shape index (κ3) is 2.10. The highest BCUT2D eigenvalue weighted by atomic mass is 16.2. The van der Waals surface area contributed by atoms with Gasteiger partial charge in [-0.15, -0.1) is 0 Å². The minimum atomic E-state index is -0.319. The topological polar surface area (TPSA) is 66.9 Å². The van der Waals surface area contributed by atoms with E-state index in [0.29, 0.717) is 17.4 Å². The number of nitrogens with one attached hydrogen (secondary N) is 2. The quantitative estimate of drug-likeness (QED) is 0.836. The maximum atomic E-state index is 12.4. The number of fused-ring (bicyclic) bond motifs is 1. The van der Waals surface area contributed by atoms with Gasteiger partial charge in [0, 0.05) is 12.6 Å². The molecule has 0 radical (unpaired) electrons. The lowest BCUT2D eigenvalue weighted by Crippen LogP contribution is -2.40. The summed E-state index contributed by atoms with van der Waals surface area (Å²) in [5, 5.41) is 3.89. The Balaban J connectivity index is 2.15. The summed E-state index contributed by atoms with van der Waals surface area (Å²) >= 11 is 0. The number of hydrogen-bond donors (Lipinski definition) is 2. The molecule has 0 amide bonds. The summed E-state index contributed by atoms with van der Waals surface area (Å²) in [5.74, 6) is 0. The van der Waals surface area contributed by atoms with Gasteiger partial charge in [0.15, 0.2) is 0 Å². The number of H-pyrrole nitrogens is 1. The summed E-state index contributed by atoms with van der Waals surface area (Å²) in [6, 6.07) is 5.72. The van der Waals surface area contributed by atoms with Gasteiger partial charge in [-0.3, -0.25) is 9.36 Å². The average Bonchev–Trinajstić information content (AvgIpc) is 2.89. The van der Waals surface area contributed by atoms with E-state index in [-0.39, 0.29) is 17.3 Å². The zero-order chi connectivity index (χ0) is 13.4. The first-order valence-electron chi connectivity index (χ1n) is 6.62. The first-order valence-corrected chi connectivity index (χ1v) is 6.62. The average molecular weight is 259 g/mol. The molecule has 1 atom stereocenters. The molecule has 1 fully saturated rings. The van der Waals surface area contributed by atoms with E-state index in [2.05, 4.69) is 10.3 Å². The van der Waals surface area contributed by atoms with Gasteiger partial charge < -0.3 is 10.3 Å². The van der Waals surface area contributed by atoms with Crippen molar-refractivity contribution in [2.45, 2.75) is 32.4 Å². The SMILES string of the molecule is Cc1cccc2c(=O)n(CC3CCCN3)c(=O)[nH]c12. The van der Waals surface area contributed by atoms with Gasteiger partial charge in [-0.05, 0) is 37.9 Å². The Morgan fingerprint density at radius 2 is 2.21 bits per heavy atom. The molecule has 5 nitrogen and oxygen atoms in total. The molecule has 0 spiro atoms. The monoisotopic (exact) mass is 259 g/mol. The normalized spacial score (nSPS) is 19.1. The van der Waals surface area contributed by atoms with Crippen LogP contribution in [0.5, 0.6) is 0 Å². The lowest BCUT2D eigenvalue weighted by atomic mass is 10.1. The molecule has 3 rings (SSSR count). The van der Waals surface area contributed by atoms with Gasteiger partial charge in [-0.25, -0.2) is 4.79 Å². The van der Waals surface area contributed by atoms with Gasteiger partial charge in [-0.1, -0.05) is 12.1 Å². The summed E-state index contributed by atoms with van der Waals surface area (Å²) in [5.41, 5.74) is 1.04. The van der Waals surface area contributed by atoms with Crippen molar-refractivity contribution in [2.75, 3.05) is 6.54 Å². The van der Waals surface area contributed by atoms with E-state index in [4.69, 9.17) is 0 Å². The van der Waals surface area contributed by atoms with Crippen LogP contribution >= 0.6 is 0 Å². The van der Waals surface area contributed by atoms with Crippen LogP contribution in [0.2, 0.25) is 0 Å². The Morgan fingerprint density at radius 3 is 2.95 bits per heavy atom. The lowest BCUT2D eigenvalue weighted by Gasteiger charge is -2.12. The number of benzene rings is 1. The van der Waals surface area contributed by atoms with Crippen molar-refractivity contribution in [2.24, 2.45) is 0 Å². The Bertz CT molecular complexity index is 724. The molecule has 2 aromatic rings. The zero-order valence-corrected chi connectivity index (χ0v) is 10.9. The zero-order valence-electron chi connectivity index (χ0n) is 10.9. The number of aromatic nitrogens is 2. The van der Waals surface area contributed by atoms with Crippen LogP contribution in [-0.2, 0) is 6.54 Å².